The Balaban J connectivity index is 2.30. The first-order chi connectivity index (χ1) is 11.5. The quantitative estimate of drug-likeness (QED) is 0.470. The maximum Gasteiger partial charge on any atom is 0.327 e. The standard InChI is InChI=1S/C15H15N5O3S/c1-3-19(4-2)11-5-6-12(13(21)8-11)17-18-15-10(9-16)7-14(24-15)20(22)23/h5-8,21H,3-4H2,1-2H3. The first kappa shape index (κ1) is 17.4. The van der Waals surface area contributed by atoms with Crippen LogP contribution in [0.4, 0.5) is 21.4 Å². The largest absolute Gasteiger partial charge is 0.506 e. The third-order valence-corrected chi connectivity index (χ3v) is 4.31. The van der Waals surface area contributed by atoms with Gasteiger partial charge in [-0.25, -0.2) is 0 Å². The zero-order chi connectivity index (χ0) is 17.7. The number of phenolic OH excluding ortho intramolecular Hbond substituents is 1. The van der Waals surface area contributed by atoms with Crippen molar-refractivity contribution in [3.63, 3.8) is 0 Å². The zero-order valence-electron chi connectivity index (χ0n) is 13.1. The van der Waals surface area contributed by atoms with Crippen molar-refractivity contribution in [1.29, 1.82) is 5.26 Å². The van der Waals surface area contributed by atoms with Crippen LogP contribution in [0.2, 0.25) is 0 Å². The molecule has 1 N–H and O–H groups in total. The molecule has 1 aromatic heterocycles. The summed E-state index contributed by atoms with van der Waals surface area (Å²) in [5.41, 5.74) is 1.17. The highest BCUT2D eigenvalue weighted by Gasteiger charge is 2.16. The van der Waals surface area contributed by atoms with Crippen molar-refractivity contribution in [3.05, 3.63) is 39.9 Å². The van der Waals surface area contributed by atoms with Gasteiger partial charge in [-0.3, -0.25) is 10.1 Å². The second-order valence-electron chi connectivity index (χ2n) is 4.72. The molecule has 0 unspecified atom stereocenters. The smallest absolute Gasteiger partial charge is 0.327 e. The minimum absolute atomic E-state index is 0.0484. The summed E-state index contributed by atoms with van der Waals surface area (Å²) in [6, 6.07) is 8.01. The lowest BCUT2D eigenvalue weighted by Gasteiger charge is -2.21. The van der Waals surface area contributed by atoms with E-state index in [9.17, 15) is 15.2 Å². The van der Waals surface area contributed by atoms with E-state index in [4.69, 9.17) is 5.26 Å². The van der Waals surface area contributed by atoms with Gasteiger partial charge in [0.05, 0.1) is 10.5 Å². The van der Waals surface area contributed by atoms with E-state index < -0.39 is 4.92 Å². The second-order valence-corrected chi connectivity index (χ2v) is 5.73. The van der Waals surface area contributed by atoms with Crippen LogP contribution in [0.1, 0.15) is 19.4 Å². The molecule has 0 aliphatic rings. The number of hydrogen-bond donors (Lipinski definition) is 1. The number of hydrogen-bond acceptors (Lipinski definition) is 8. The molecule has 1 aromatic carbocycles. The summed E-state index contributed by atoms with van der Waals surface area (Å²) in [6.45, 7) is 5.64. The predicted molar refractivity (Wildman–Crippen MR) is 91.5 cm³/mol. The van der Waals surface area contributed by atoms with Gasteiger partial charge >= 0.3 is 5.00 Å². The lowest BCUT2D eigenvalue weighted by atomic mass is 10.2. The third kappa shape index (κ3) is 3.67. The van der Waals surface area contributed by atoms with Crippen molar-refractivity contribution < 1.29 is 10.0 Å². The third-order valence-electron chi connectivity index (χ3n) is 3.34. The molecule has 0 atom stereocenters. The number of anilines is 1. The highest BCUT2D eigenvalue weighted by Crippen LogP contribution is 2.38. The Morgan fingerprint density at radius 2 is 2.04 bits per heavy atom. The molecule has 24 heavy (non-hydrogen) atoms. The van der Waals surface area contributed by atoms with Crippen molar-refractivity contribution >= 4 is 32.7 Å². The van der Waals surface area contributed by atoms with Crippen LogP contribution in [0.5, 0.6) is 5.75 Å². The zero-order valence-corrected chi connectivity index (χ0v) is 13.9. The fraction of sp³-hybridized carbons (Fsp3) is 0.267. The normalized spacial score (nSPS) is 10.7. The van der Waals surface area contributed by atoms with E-state index >= 15 is 0 Å². The van der Waals surface area contributed by atoms with Crippen LogP contribution in [0.25, 0.3) is 0 Å². The average molecular weight is 345 g/mol. The van der Waals surface area contributed by atoms with Crippen molar-refractivity contribution in [3.8, 4) is 11.8 Å². The van der Waals surface area contributed by atoms with Gasteiger partial charge in [0.15, 0.2) is 5.00 Å². The van der Waals surface area contributed by atoms with Crippen molar-refractivity contribution in [2.45, 2.75) is 13.8 Å². The molecule has 0 aliphatic heterocycles. The van der Waals surface area contributed by atoms with E-state index in [1.807, 2.05) is 26.0 Å². The van der Waals surface area contributed by atoms with Gasteiger partial charge in [0.25, 0.3) is 0 Å². The average Bonchev–Trinajstić information content (AvgIpc) is 2.99. The molecule has 0 saturated heterocycles. The Bertz CT molecular complexity index is 821. The van der Waals surface area contributed by atoms with Gasteiger partial charge < -0.3 is 10.0 Å². The van der Waals surface area contributed by atoms with Gasteiger partial charge in [0.1, 0.15) is 17.5 Å². The number of rotatable bonds is 6. The van der Waals surface area contributed by atoms with Crippen LogP contribution < -0.4 is 4.90 Å². The summed E-state index contributed by atoms with van der Waals surface area (Å²) in [4.78, 5) is 12.2. The molecule has 2 aromatic rings. The number of azo groups is 1. The molecule has 9 heteroatoms. The maximum absolute atomic E-state index is 10.8. The second kappa shape index (κ2) is 7.52. The molecule has 1 heterocycles. The van der Waals surface area contributed by atoms with Gasteiger partial charge in [-0.05, 0) is 37.3 Å². The summed E-state index contributed by atoms with van der Waals surface area (Å²) in [5.74, 6) is -0.0484. The lowest BCUT2D eigenvalue weighted by Crippen LogP contribution is -2.21. The predicted octanol–water partition coefficient (Wildman–Crippen LogP) is 4.50. The highest BCUT2D eigenvalue weighted by molar-refractivity contribution is 7.19. The molecule has 0 bridgehead atoms. The van der Waals surface area contributed by atoms with Crippen molar-refractivity contribution in [2.24, 2.45) is 10.2 Å². The summed E-state index contributed by atoms with van der Waals surface area (Å²) >= 11 is 0.761. The van der Waals surface area contributed by atoms with E-state index in [0.29, 0.717) is 0 Å². The molecule has 0 aliphatic carbocycles. The number of nitriles is 1. The van der Waals surface area contributed by atoms with Crippen LogP contribution >= 0.6 is 11.3 Å². The number of benzene rings is 1. The maximum atomic E-state index is 10.8. The topological polar surface area (TPSA) is 115 Å². The Hall–Kier alpha value is -2.99. The van der Waals surface area contributed by atoms with Crippen LogP contribution in [0.3, 0.4) is 0 Å². The number of nitrogens with zero attached hydrogens (tertiary/aromatic N) is 5. The number of thiophene rings is 1. The summed E-state index contributed by atoms with van der Waals surface area (Å²) in [6.07, 6.45) is 0. The SMILES string of the molecule is CCN(CC)c1ccc(N=Nc2sc([N+](=O)[O-])cc2C#N)c(O)c1. The molecule has 0 radical (unpaired) electrons. The molecule has 0 spiro atoms. The summed E-state index contributed by atoms with van der Waals surface area (Å²) in [5, 5.41) is 37.6. The van der Waals surface area contributed by atoms with Crippen LogP contribution in [0.15, 0.2) is 34.5 Å². The summed E-state index contributed by atoms with van der Waals surface area (Å²) < 4.78 is 0. The first-order valence-electron chi connectivity index (χ1n) is 7.18. The Kier molecular flexibility index (Phi) is 5.44. The fourth-order valence-electron chi connectivity index (χ4n) is 2.09. The molecule has 2 rings (SSSR count). The van der Waals surface area contributed by atoms with Crippen molar-refractivity contribution in [2.75, 3.05) is 18.0 Å². The van der Waals surface area contributed by atoms with E-state index in [-0.39, 0.29) is 27.0 Å². The van der Waals surface area contributed by atoms with E-state index in [2.05, 4.69) is 15.1 Å². The van der Waals surface area contributed by atoms with Crippen LogP contribution in [-0.2, 0) is 0 Å². The Labute approximate surface area is 142 Å². The van der Waals surface area contributed by atoms with Gasteiger partial charge in [-0.1, -0.05) is 0 Å². The Morgan fingerprint density at radius 1 is 1.33 bits per heavy atom. The Morgan fingerprint density at radius 3 is 2.58 bits per heavy atom. The molecule has 124 valence electrons. The number of aromatic hydroxyl groups is 1. The van der Waals surface area contributed by atoms with E-state index in [0.717, 1.165) is 36.2 Å². The van der Waals surface area contributed by atoms with Crippen LogP contribution in [0, 0.1) is 21.4 Å². The van der Waals surface area contributed by atoms with Crippen molar-refractivity contribution in [1.82, 2.24) is 0 Å². The molecule has 8 nitrogen and oxygen atoms in total. The molecular formula is C15H15N5O3S. The number of phenols is 1. The molecule has 0 fully saturated rings. The minimum Gasteiger partial charge on any atom is -0.506 e. The summed E-state index contributed by atoms with van der Waals surface area (Å²) in [7, 11) is 0. The molecule has 0 amide bonds. The highest BCUT2D eigenvalue weighted by atomic mass is 32.1. The number of nitro groups is 1. The first-order valence-corrected chi connectivity index (χ1v) is 7.99. The monoisotopic (exact) mass is 345 g/mol. The lowest BCUT2D eigenvalue weighted by molar-refractivity contribution is -0.380. The molecule has 0 saturated carbocycles. The molecular weight excluding hydrogens is 330 g/mol. The van der Waals surface area contributed by atoms with Crippen LogP contribution in [-0.4, -0.2) is 23.1 Å². The van der Waals surface area contributed by atoms with Gasteiger partial charge in [0, 0.05) is 30.9 Å². The van der Waals surface area contributed by atoms with E-state index in [1.54, 1.807) is 12.1 Å². The van der Waals surface area contributed by atoms with Gasteiger partial charge in [-0.2, -0.15) is 5.26 Å². The minimum atomic E-state index is -0.582. The van der Waals surface area contributed by atoms with E-state index in [1.165, 1.54) is 0 Å². The van der Waals surface area contributed by atoms with Gasteiger partial charge in [-0.15, -0.1) is 10.2 Å². The van der Waals surface area contributed by atoms with Gasteiger partial charge in [0.2, 0.25) is 0 Å². The fourth-order valence-corrected chi connectivity index (χ4v) is 2.84.